The maximum Gasteiger partial charge on any atom is 0.163 e. The van der Waals surface area contributed by atoms with E-state index in [1.54, 1.807) is 30.7 Å². The van der Waals surface area contributed by atoms with Crippen LogP contribution < -0.4 is 0 Å². The highest BCUT2D eigenvalue weighted by atomic mass is 16.3. The Hall–Kier alpha value is -4.13. The molecular formula is C21H13N5O2. The molecule has 0 amide bonds. The molecule has 0 fully saturated rings. The van der Waals surface area contributed by atoms with Gasteiger partial charge in [0.1, 0.15) is 17.0 Å². The zero-order chi connectivity index (χ0) is 19.1. The molecule has 0 bridgehead atoms. The van der Waals surface area contributed by atoms with Crippen LogP contribution in [0.25, 0.3) is 44.5 Å². The van der Waals surface area contributed by atoms with Crippen LogP contribution in [0.15, 0.2) is 67.4 Å². The summed E-state index contributed by atoms with van der Waals surface area (Å²) in [6.45, 7) is 0. The maximum atomic E-state index is 10.1. The first-order valence-electron chi connectivity index (χ1n) is 8.54. The van der Waals surface area contributed by atoms with E-state index in [4.69, 9.17) is 4.98 Å². The van der Waals surface area contributed by atoms with Gasteiger partial charge in [0.05, 0.1) is 29.2 Å². The standard InChI is InChI=1S/C21H13N5O2/c27-17-10-22-7-5-14(17)16-4-3-12-1-2-13-9-24-21(26-20(13)19(12)25-16)15-6-8-23-11-18(15)28/h1-11,27-28H. The van der Waals surface area contributed by atoms with Crippen molar-refractivity contribution in [3.63, 3.8) is 0 Å². The predicted molar refractivity (Wildman–Crippen MR) is 105 cm³/mol. The van der Waals surface area contributed by atoms with Crippen molar-refractivity contribution >= 4 is 21.8 Å². The van der Waals surface area contributed by atoms with Crippen LogP contribution >= 0.6 is 0 Å². The molecule has 4 aromatic heterocycles. The average molecular weight is 367 g/mol. The minimum Gasteiger partial charge on any atom is -0.506 e. The highest BCUT2D eigenvalue weighted by Crippen LogP contribution is 2.31. The maximum absolute atomic E-state index is 10.1. The largest absolute Gasteiger partial charge is 0.506 e. The van der Waals surface area contributed by atoms with E-state index in [-0.39, 0.29) is 11.5 Å². The third-order valence-electron chi connectivity index (χ3n) is 4.53. The van der Waals surface area contributed by atoms with Gasteiger partial charge in [-0.2, -0.15) is 0 Å². The van der Waals surface area contributed by atoms with Crippen molar-refractivity contribution in [1.29, 1.82) is 0 Å². The Labute approximate surface area is 159 Å². The lowest BCUT2D eigenvalue weighted by Gasteiger charge is -2.08. The number of nitrogens with zero attached hydrogens (tertiary/aromatic N) is 5. The summed E-state index contributed by atoms with van der Waals surface area (Å²) in [5.41, 5.74) is 3.05. The van der Waals surface area contributed by atoms with Gasteiger partial charge in [0, 0.05) is 34.9 Å². The molecule has 7 nitrogen and oxygen atoms in total. The topological polar surface area (TPSA) is 105 Å². The van der Waals surface area contributed by atoms with E-state index >= 15 is 0 Å². The predicted octanol–water partition coefficient (Wildman–Crippen LogP) is 3.71. The van der Waals surface area contributed by atoms with Crippen molar-refractivity contribution in [2.45, 2.75) is 0 Å². The van der Waals surface area contributed by atoms with Gasteiger partial charge in [-0.1, -0.05) is 18.2 Å². The Morgan fingerprint density at radius 2 is 1.25 bits per heavy atom. The number of hydrogen-bond donors (Lipinski definition) is 2. The van der Waals surface area contributed by atoms with Gasteiger partial charge in [-0.05, 0) is 18.2 Å². The van der Waals surface area contributed by atoms with Gasteiger partial charge < -0.3 is 10.2 Å². The number of benzene rings is 1. The van der Waals surface area contributed by atoms with Crippen LogP contribution in [0, 0.1) is 0 Å². The Bertz CT molecular complexity index is 1250. The van der Waals surface area contributed by atoms with E-state index < -0.39 is 0 Å². The first kappa shape index (κ1) is 16.1. The second-order valence-electron chi connectivity index (χ2n) is 6.25. The van der Waals surface area contributed by atoms with E-state index in [0.717, 1.165) is 10.8 Å². The molecule has 0 saturated carbocycles. The lowest BCUT2D eigenvalue weighted by Crippen LogP contribution is -1.94. The SMILES string of the molecule is Oc1cnccc1-c1ccc2ccc3cnc(-c4ccncc4O)nc3c2n1. The van der Waals surface area contributed by atoms with Crippen LogP contribution in [0.3, 0.4) is 0 Å². The quantitative estimate of drug-likeness (QED) is 0.458. The number of aromatic hydroxyl groups is 2. The molecule has 0 aliphatic rings. The van der Waals surface area contributed by atoms with Crippen molar-refractivity contribution < 1.29 is 10.2 Å². The van der Waals surface area contributed by atoms with Crippen molar-refractivity contribution in [3.8, 4) is 34.1 Å². The molecule has 0 unspecified atom stereocenters. The molecular weight excluding hydrogens is 354 g/mol. The summed E-state index contributed by atoms with van der Waals surface area (Å²) >= 11 is 0. The van der Waals surface area contributed by atoms with Gasteiger partial charge >= 0.3 is 0 Å². The summed E-state index contributed by atoms with van der Waals surface area (Å²) in [7, 11) is 0. The summed E-state index contributed by atoms with van der Waals surface area (Å²) in [5, 5.41) is 21.9. The number of pyridine rings is 3. The second-order valence-corrected chi connectivity index (χ2v) is 6.25. The second kappa shape index (κ2) is 6.24. The Morgan fingerprint density at radius 3 is 2.00 bits per heavy atom. The van der Waals surface area contributed by atoms with Gasteiger partial charge in [0.15, 0.2) is 5.82 Å². The molecule has 7 heteroatoms. The monoisotopic (exact) mass is 367 g/mol. The average Bonchev–Trinajstić information content (AvgIpc) is 2.74. The molecule has 0 atom stereocenters. The number of fused-ring (bicyclic) bond motifs is 3. The van der Waals surface area contributed by atoms with Crippen molar-refractivity contribution in [2.24, 2.45) is 0 Å². The number of hydrogen-bond acceptors (Lipinski definition) is 7. The van der Waals surface area contributed by atoms with Crippen LogP contribution in [0.5, 0.6) is 11.5 Å². The summed E-state index contributed by atoms with van der Waals surface area (Å²) in [6.07, 6.45) is 7.63. The van der Waals surface area contributed by atoms with E-state index in [1.165, 1.54) is 12.4 Å². The summed E-state index contributed by atoms with van der Waals surface area (Å²) < 4.78 is 0. The molecule has 0 spiro atoms. The number of aromatic nitrogens is 5. The van der Waals surface area contributed by atoms with Gasteiger partial charge in [-0.3, -0.25) is 9.97 Å². The number of rotatable bonds is 2. The van der Waals surface area contributed by atoms with Gasteiger partial charge in [-0.25, -0.2) is 15.0 Å². The minimum absolute atomic E-state index is 0.0115. The Balaban J connectivity index is 1.78. The van der Waals surface area contributed by atoms with Crippen molar-refractivity contribution in [2.75, 3.05) is 0 Å². The molecule has 0 radical (unpaired) electrons. The van der Waals surface area contributed by atoms with Crippen LogP contribution in [0.1, 0.15) is 0 Å². The third-order valence-corrected chi connectivity index (χ3v) is 4.53. The van der Waals surface area contributed by atoms with E-state index in [1.807, 2.05) is 24.3 Å². The van der Waals surface area contributed by atoms with Crippen LogP contribution in [-0.4, -0.2) is 35.1 Å². The first-order valence-corrected chi connectivity index (χ1v) is 8.54. The fourth-order valence-corrected chi connectivity index (χ4v) is 3.13. The molecule has 5 aromatic rings. The first-order chi connectivity index (χ1) is 13.7. The third kappa shape index (κ3) is 2.57. The Kier molecular flexibility index (Phi) is 3.58. The smallest absolute Gasteiger partial charge is 0.163 e. The molecule has 0 aliphatic heterocycles. The lowest BCUT2D eigenvalue weighted by atomic mass is 10.1. The van der Waals surface area contributed by atoms with E-state index in [2.05, 4.69) is 19.9 Å². The molecule has 28 heavy (non-hydrogen) atoms. The van der Waals surface area contributed by atoms with Crippen LogP contribution in [0.4, 0.5) is 0 Å². The molecule has 0 saturated heterocycles. The van der Waals surface area contributed by atoms with Gasteiger partial charge in [0.25, 0.3) is 0 Å². The molecule has 0 aliphatic carbocycles. The summed E-state index contributed by atoms with van der Waals surface area (Å²) in [6, 6.07) is 11.0. The molecule has 134 valence electrons. The van der Waals surface area contributed by atoms with Gasteiger partial charge in [-0.15, -0.1) is 0 Å². The minimum atomic E-state index is 0.0115. The molecule has 1 aromatic carbocycles. The van der Waals surface area contributed by atoms with E-state index in [9.17, 15) is 10.2 Å². The lowest BCUT2D eigenvalue weighted by molar-refractivity contribution is 0.474. The zero-order valence-electron chi connectivity index (χ0n) is 14.5. The van der Waals surface area contributed by atoms with Crippen LogP contribution in [0.2, 0.25) is 0 Å². The van der Waals surface area contributed by atoms with Crippen molar-refractivity contribution in [1.82, 2.24) is 24.9 Å². The van der Waals surface area contributed by atoms with Crippen molar-refractivity contribution in [3.05, 3.63) is 67.4 Å². The highest BCUT2D eigenvalue weighted by Gasteiger charge is 2.12. The van der Waals surface area contributed by atoms with Crippen LogP contribution in [-0.2, 0) is 0 Å². The Morgan fingerprint density at radius 1 is 0.607 bits per heavy atom. The van der Waals surface area contributed by atoms with Gasteiger partial charge in [0.2, 0.25) is 0 Å². The molecule has 5 rings (SSSR count). The normalized spacial score (nSPS) is 11.1. The summed E-state index contributed by atoms with van der Waals surface area (Å²) in [4.78, 5) is 21.6. The fourth-order valence-electron chi connectivity index (χ4n) is 3.13. The van der Waals surface area contributed by atoms with E-state index in [0.29, 0.717) is 33.7 Å². The zero-order valence-corrected chi connectivity index (χ0v) is 14.5. The summed E-state index contributed by atoms with van der Waals surface area (Å²) in [5.74, 6) is 0.461. The molecule has 2 N–H and O–H groups in total. The highest BCUT2D eigenvalue weighted by molar-refractivity contribution is 6.03. The fraction of sp³-hybridized carbons (Fsp3) is 0. The molecule has 4 heterocycles.